The van der Waals surface area contributed by atoms with E-state index in [1.807, 2.05) is 32.9 Å². The average Bonchev–Trinajstić information content (AvgIpc) is 2.47. The van der Waals surface area contributed by atoms with Crippen LogP contribution in [-0.4, -0.2) is 20.7 Å². The molecule has 0 bridgehead atoms. The standard InChI is InChI=1S/C18H22FNO2S2/c1-13-10-14(2)18(15(3)11-13)24(21,22)20-8-9-23-12-16-6-4-5-7-17(16)19/h4-7,10-11,20H,8-9,12H2,1-3H3. The number of thioether (sulfide) groups is 1. The normalized spacial score (nSPS) is 11.7. The molecule has 24 heavy (non-hydrogen) atoms. The lowest BCUT2D eigenvalue weighted by Crippen LogP contribution is -2.27. The van der Waals surface area contributed by atoms with Crippen molar-refractivity contribution >= 4 is 21.8 Å². The van der Waals surface area contributed by atoms with Crippen LogP contribution in [0.5, 0.6) is 0 Å². The Morgan fingerprint density at radius 1 is 1.08 bits per heavy atom. The summed E-state index contributed by atoms with van der Waals surface area (Å²) in [6.07, 6.45) is 0. The summed E-state index contributed by atoms with van der Waals surface area (Å²) in [5.74, 6) is 0.880. The molecule has 3 nitrogen and oxygen atoms in total. The van der Waals surface area contributed by atoms with Gasteiger partial charge in [-0.25, -0.2) is 17.5 Å². The van der Waals surface area contributed by atoms with Gasteiger partial charge in [-0.15, -0.1) is 0 Å². The molecule has 0 saturated carbocycles. The summed E-state index contributed by atoms with van der Waals surface area (Å²) in [6, 6.07) is 10.4. The minimum Gasteiger partial charge on any atom is -0.210 e. The molecule has 0 unspecified atom stereocenters. The van der Waals surface area contributed by atoms with Gasteiger partial charge in [0, 0.05) is 18.1 Å². The van der Waals surface area contributed by atoms with Crippen LogP contribution in [0.3, 0.4) is 0 Å². The van der Waals surface area contributed by atoms with Gasteiger partial charge in [-0.05, 0) is 43.5 Å². The zero-order valence-corrected chi connectivity index (χ0v) is 15.7. The molecule has 0 aromatic heterocycles. The van der Waals surface area contributed by atoms with Crippen molar-refractivity contribution in [3.8, 4) is 0 Å². The number of hydrogen-bond acceptors (Lipinski definition) is 3. The highest BCUT2D eigenvalue weighted by molar-refractivity contribution is 7.98. The Kier molecular flexibility index (Phi) is 6.43. The molecule has 1 N–H and O–H groups in total. The van der Waals surface area contributed by atoms with E-state index in [1.54, 1.807) is 18.2 Å². The quantitative estimate of drug-likeness (QED) is 0.754. The molecule has 2 rings (SSSR count). The third-order valence-electron chi connectivity index (χ3n) is 3.63. The van der Waals surface area contributed by atoms with E-state index in [2.05, 4.69) is 4.72 Å². The van der Waals surface area contributed by atoms with Gasteiger partial charge in [-0.2, -0.15) is 11.8 Å². The highest BCUT2D eigenvalue weighted by Crippen LogP contribution is 2.21. The Morgan fingerprint density at radius 3 is 2.33 bits per heavy atom. The highest BCUT2D eigenvalue weighted by atomic mass is 32.2. The number of benzene rings is 2. The Morgan fingerprint density at radius 2 is 1.71 bits per heavy atom. The SMILES string of the molecule is Cc1cc(C)c(S(=O)(=O)NCCSCc2ccccc2F)c(C)c1. The number of halogens is 1. The largest absolute Gasteiger partial charge is 0.241 e. The second-order valence-electron chi connectivity index (χ2n) is 5.77. The summed E-state index contributed by atoms with van der Waals surface area (Å²) < 4.78 is 41.1. The van der Waals surface area contributed by atoms with Crippen molar-refractivity contribution in [3.63, 3.8) is 0 Å². The first-order chi connectivity index (χ1) is 11.3. The molecule has 0 aliphatic heterocycles. The first-order valence-corrected chi connectivity index (χ1v) is 10.3. The van der Waals surface area contributed by atoms with Gasteiger partial charge in [0.15, 0.2) is 0 Å². The second-order valence-corrected chi connectivity index (χ2v) is 8.58. The van der Waals surface area contributed by atoms with Gasteiger partial charge in [-0.3, -0.25) is 0 Å². The molecule has 0 aliphatic carbocycles. The maximum absolute atomic E-state index is 13.5. The summed E-state index contributed by atoms with van der Waals surface area (Å²) >= 11 is 1.50. The Bertz CT molecular complexity index is 797. The van der Waals surface area contributed by atoms with E-state index in [0.29, 0.717) is 28.5 Å². The predicted octanol–water partition coefficient (Wildman–Crippen LogP) is 3.96. The maximum Gasteiger partial charge on any atom is 0.241 e. The predicted molar refractivity (Wildman–Crippen MR) is 98.4 cm³/mol. The fraction of sp³-hybridized carbons (Fsp3) is 0.333. The lowest BCUT2D eigenvalue weighted by atomic mass is 10.1. The molecule has 6 heteroatoms. The van der Waals surface area contributed by atoms with E-state index in [4.69, 9.17) is 0 Å². The first kappa shape index (κ1) is 19.0. The second kappa shape index (κ2) is 8.14. The molecule has 2 aromatic rings. The summed E-state index contributed by atoms with van der Waals surface area (Å²) in [6.45, 7) is 5.88. The number of nitrogens with one attached hydrogen (secondary N) is 1. The number of aryl methyl sites for hydroxylation is 3. The Labute approximate surface area is 147 Å². The van der Waals surface area contributed by atoms with Crippen LogP contribution in [0, 0.1) is 26.6 Å². The van der Waals surface area contributed by atoms with Crippen molar-refractivity contribution in [2.75, 3.05) is 12.3 Å². The number of sulfonamides is 1. The topological polar surface area (TPSA) is 46.2 Å². The smallest absolute Gasteiger partial charge is 0.210 e. The number of rotatable bonds is 7. The van der Waals surface area contributed by atoms with E-state index >= 15 is 0 Å². The fourth-order valence-corrected chi connectivity index (χ4v) is 5.16. The van der Waals surface area contributed by atoms with Crippen LogP contribution in [0.4, 0.5) is 4.39 Å². The van der Waals surface area contributed by atoms with E-state index in [0.717, 1.165) is 16.7 Å². The highest BCUT2D eigenvalue weighted by Gasteiger charge is 2.19. The lowest BCUT2D eigenvalue weighted by molar-refractivity contribution is 0.583. The minimum absolute atomic E-state index is 0.225. The molecule has 0 atom stereocenters. The molecular weight excluding hydrogens is 345 g/mol. The molecule has 0 heterocycles. The van der Waals surface area contributed by atoms with Gasteiger partial charge in [0.2, 0.25) is 10.0 Å². The van der Waals surface area contributed by atoms with Crippen LogP contribution in [-0.2, 0) is 15.8 Å². The lowest BCUT2D eigenvalue weighted by Gasteiger charge is -2.13. The first-order valence-electron chi connectivity index (χ1n) is 7.70. The Balaban J connectivity index is 1.91. The third-order valence-corrected chi connectivity index (χ3v) is 6.40. The zero-order valence-electron chi connectivity index (χ0n) is 14.1. The van der Waals surface area contributed by atoms with Gasteiger partial charge in [0.05, 0.1) is 4.90 Å². The van der Waals surface area contributed by atoms with Gasteiger partial charge in [-0.1, -0.05) is 35.9 Å². The van der Waals surface area contributed by atoms with Gasteiger partial charge in [0.1, 0.15) is 5.82 Å². The summed E-state index contributed by atoms with van der Waals surface area (Å²) in [7, 11) is -3.53. The Hall–Kier alpha value is -1.37. The molecular formula is C18H22FNO2S2. The average molecular weight is 368 g/mol. The van der Waals surface area contributed by atoms with Crippen LogP contribution in [0.1, 0.15) is 22.3 Å². The van der Waals surface area contributed by atoms with Crippen LogP contribution >= 0.6 is 11.8 Å². The van der Waals surface area contributed by atoms with Gasteiger partial charge in [0.25, 0.3) is 0 Å². The van der Waals surface area contributed by atoms with Crippen molar-refractivity contribution < 1.29 is 12.8 Å². The third kappa shape index (κ3) is 4.82. The zero-order chi connectivity index (χ0) is 17.7. The van der Waals surface area contributed by atoms with Crippen molar-refractivity contribution in [2.24, 2.45) is 0 Å². The van der Waals surface area contributed by atoms with Crippen LogP contribution < -0.4 is 4.72 Å². The van der Waals surface area contributed by atoms with Crippen LogP contribution in [0.2, 0.25) is 0 Å². The van der Waals surface area contributed by atoms with Crippen molar-refractivity contribution in [1.82, 2.24) is 4.72 Å². The molecule has 0 aliphatic rings. The molecule has 130 valence electrons. The number of hydrogen-bond donors (Lipinski definition) is 1. The van der Waals surface area contributed by atoms with Crippen molar-refractivity contribution in [2.45, 2.75) is 31.4 Å². The van der Waals surface area contributed by atoms with Crippen molar-refractivity contribution in [3.05, 3.63) is 64.5 Å². The summed E-state index contributed by atoms with van der Waals surface area (Å²) in [5, 5.41) is 0. The molecule has 0 amide bonds. The van der Waals surface area contributed by atoms with Crippen molar-refractivity contribution in [1.29, 1.82) is 0 Å². The van der Waals surface area contributed by atoms with Crippen LogP contribution in [0.25, 0.3) is 0 Å². The molecule has 0 spiro atoms. The van der Waals surface area contributed by atoms with Gasteiger partial charge >= 0.3 is 0 Å². The summed E-state index contributed by atoms with van der Waals surface area (Å²) in [4.78, 5) is 0.354. The van der Waals surface area contributed by atoms with Gasteiger partial charge < -0.3 is 0 Å². The molecule has 0 saturated heterocycles. The van der Waals surface area contributed by atoms with E-state index in [9.17, 15) is 12.8 Å². The van der Waals surface area contributed by atoms with E-state index in [1.165, 1.54) is 17.8 Å². The van der Waals surface area contributed by atoms with Crippen LogP contribution in [0.15, 0.2) is 41.3 Å². The summed E-state index contributed by atoms with van der Waals surface area (Å²) in [5.41, 5.74) is 3.18. The molecule has 0 radical (unpaired) electrons. The maximum atomic E-state index is 13.5. The monoisotopic (exact) mass is 367 g/mol. The minimum atomic E-state index is -3.53. The molecule has 0 fully saturated rings. The molecule has 2 aromatic carbocycles. The fourth-order valence-electron chi connectivity index (χ4n) is 2.71. The van der Waals surface area contributed by atoms with E-state index in [-0.39, 0.29) is 5.82 Å². The van der Waals surface area contributed by atoms with E-state index < -0.39 is 10.0 Å².